The molecule has 0 saturated carbocycles. The van der Waals surface area contributed by atoms with Crippen molar-refractivity contribution in [3.63, 3.8) is 0 Å². The summed E-state index contributed by atoms with van der Waals surface area (Å²) < 4.78 is 35.0. The first-order valence-corrected chi connectivity index (χ1v) is 15.6. The van der Waals surface area contributed by atoms with E-state index < -0.39 is 10.0 Å². The quantitative estimate of drug-likeness (QED) is 0.286. The number of nitrogens with zero attached hydrogens (tertiary/aromatic N) is 3. The van der Waals surface area contributed by atoms with Crippen molar-refractivity contribution in [2.45, 2.75) is 43.7 Å². The second kappa shape index (κ2) is 10.6. The molecule has 1 fully saturated rings. The van der Waals surface area contributed by atoms with Crippen molar-refractivity contribution in [1.29, 1.82) is 0 Å². The third-order valence-electron chi connectivity index (χ3n) is 7.41. The predicted molar refractivity (Wildman–Crippen MR) is 154 cm³/mol. The van der Waals surface area contributed by atoms with Crippen LogP contribution >= 0.6 is 22.9 Å². The molecule has 0 aliphatic carbocycles. The highest BCUT2D eigenvalue weighted by atomic mass is 35.5. The minimum atomic E-state index is -3.70. The number of thiazole rings is 1. The fourth-order valence-electron chi connectivity index (χ4n) is 5.20. The van der Waals surface area contributed by atoms with E-state index in [0.717, 1.165) is 34.2 Å². The summed E-state index contributed by atoms with van der Waals surface area (Å²) in [5.74, 6) is -0.255. The summed E-state index contributed by atoms with van der Waals surface area (Å²) in [6, 6.07) is 17.9. The van der Waals surface area contributed by atoms with Gasteiger partial charge in [0, 0.05) is 25.3 Å². The fourth-order valence-corrected chi connectivity index (χ4v) is 7.94. The first-order valence-electron chi connectivity index (χ1n) is 13.0. The number of rotatable bonds is 6. The average molecular weight is 582 g/mol. The molecule has 1 unspecified atom stereocenters. The standard InChI is InChI=1S/C29H28ClN3O4S2/c1-19-8-13-25(30)27-26(19)31-29(38-27)33(18-23-7-4-16-37-23)28(34)21-9-11-24(12-10-21)39(35,36)32-15-14-20-5-2-3-6-22(20)17-32/h2-3,5-6,8-13,23H,4,7,14-18H2,1H3. The maximum Gasteiger partial charge on any atom is 0.260 e. The first-order chi connectivity index (χ1) is 18.8. The molecular formula is C29H28ClN3O4S2. The molecule has 0 radical (unpaired) electrons. The Hall–Kier alpha value is -2.82. The Morgan fingerprint density at radius 3 is 2.62 bits per heavy atom. The lowest BCUT2D eigenvalue weighted by atomic mass is 10.0. The number of carbonyl (C=O) groups is 1. The van der Waals surface area contributed by atoms with Gasteiger partial charge in [0.25, 0.3) is 5.91 Å². The average Bonchev–Trinajstić information content (AvgIpc) is 3.64. The molecule has 10 heteroatoms. The van der Waals surface area contributed by atoms with Gasteiger partial charge in [-0.25, -0.2) is 13.4 Å². The van der Waals surface area contributed by atoms with Gasteiger partial charge in [0.05, 0.1) is 32.8 Å². The van der Waals surface area contributed by atoms with Crippen LogP contribution in [0.15, 0.2) is 65.6 Å². The number of benzene rings is 3. The molecule has 0 bridgehead atoms. The highest BCUT2D eigenvalue weighted by molar-refractivity contribution is 7.89. The van der Waals surface area contributed by atoms with Gasteiger partial charge in [-0.2, -0.15) is 4.31 Å². The van der Waals surface area contributed by atoms with Crippen LogP contribution in [-0.2, 0) is 27.7 Å². The summed E-state index contributed by atoms with van der Waals surface area (Å²) in [5.41, 5.74) is 4.35. The lowest BCUT2D eigenvalue weighted by Crippen LogP contribution is -2.37. The van der Waals surface area contributed by atoms with E-state index in [0.29, 0.717) is 48.4 Å². The predicted octanol–water partition coefficient (Wildman–Crippen LogP) is 5.83. The molecule has 3 heterocycles. The molecule has 7 nitrogen and oxygen atoms in total. The number of amides is 1. The van der Waals surface area contributed by atoms with Crippen LogP contribution in [0.25, 0.3) is 10.2 Å². The molecular weight excluding hydrogens is 554 g/mol. The monoisotopic (exact) mass is 581 g/mol. The van der Waals surface area contributed by atoms with Crippen molar-refractivity contribution in [3.05, 3.63) is 87.9 Å². The van der Waals surface area contributed by atoms with E-state index in [1.54, 1.807) is 17.0 Å². The van der Waals surface area contributed by atoms with Gasteiger partial charge in [-0.3, -0.25) is 9.69 Å². The van der Waals surface area contributed by atoms with E-state index in [2.05, 4.69) is 0 Å². The number of carbonyl (C=O) groups excluding carboxylic acids is 1. The number of fused-ring (bicyclic) bond motifs is 2. The highest BCUT2D eigenvalue weighted by Crippen LogP contribution is 2.37. The van der Waals surface area contributed by atoms with Crippen LogP contribution < -0.4 is 4.90 Å². The molecule has 1 atom stereocenters. The number of halogens is 1. The van der Waals surface area contributed by atoms with Crippen LogP contribution in [0.1, 0.15) is 39.9 Å². The molecule has 1 amide bonds. The third-order valence-corrected chi connectivity index (χ3v) is 10.8. The molecule has 39 heavy (non-hydrogen) atoms. The van der Waals surface area contributed by atoms with Crippen LogP contribution in [-0.4, -0.2) is 49.4 Å². The Labute approximate surface area is 237 Å². The van der Waals surface area contributed by atoms with E-state index in [-0.39, 0.29) is 16.9 Å². The maximum absolute atomic E-state index is 13.8. The Morgan fingerprint density at radius 2 is 1.90 bits per heavy atom. The summed E-state index contributed by atoms with van der Waals surface area (Å²) >= 11 is 7.82. The smallest absolute Gasteiger partial charge is 0.260 e. The number of aryl methyl sites for hydroxylation is 1. The van der Waals surface area contributed by atoms with Crippen molar-refractivity contribution >= 4 is 54.2 Å². The Balaban J connectivity index is 1.28. The zero-order chi connectivity index (χ0) is 27.1. The van der Waals surface area contributed by atoms with Gasteiger partial charge >= 0.3 is 0 Å². The molecule has 2 aliphatic heterocycles. The van der Waals surface area contributed by atoms with Gasteiger partial charge in [-0.15, -0.1) is 0 Å². The normalized spacial score (nSPS) is 17.8. The van der Waals surface area contributed by atoms with E-state index in [1.807, 2.05) is 43.3 Å². The summed E-state index contributed by atoms with van der Waals surface area (Å²) in [4.78, 5) is 20.4. The van der Waals surface area contributed by atoms with Gasteiger partial charge < -0.3 is 4.74 Å². The zero-order valence-corrected chi connectivity index (χ0v) is 23.9. The molecule has 2 aliphatic rings. The van der Waals surface area contributed by atoms with Crippen molar-refractivity contribution in [2.24, 2.45) is 0 Å². The first kappa shape index (κ1) is 26.4. The largest absolute Gasteiger partial charge is 0.376 e. The number of ether oxygens (including phenoxy) is 1. The summed E-state index contributed by atoms with van der Waals surface area (Å²) in [5, 5.41) is 1.14. The summed E-state index contributed by atoms with van der Waals surface area (Å²) in [6.07, 6.45) is 2.41. The minimum Gasteiger partial charge on any atom is -0.376 e. The molecule has 0 spiro atoms. The maximum atomic E-state index is 13.8. The SMILES string of the molecule is Cc1ccc(Cl)c2sc(N(CC3CCCO3)C(=O)c3ccc(S(=O)(=O)N4CCc5ccccc5C4)cc3)nc12. The molecule has 6 rings (SSSR count). The van der Waals surface area contributed by atoms with E-state index >= 15 is 0 Å². The van der Waals surface area contributed by atoms with Crippen LogP contribution in [0.5, 0.6) is 0 Å². The Morgan fingerprint density at radius 1 is 1.13 bits per heavy atom. The topological polar surface area (TPSA) is 79.8 Å². The second-order valence-electron chi connectivity index (χ2n) is 9.97. The van der Waals surface area contributed by atoms with Gasteiger partial charge in [0.15, 0.2) is 5.13 Å². The van der Waals surface area contributed by atoms with Crippen molar-refractivity contribution in [1.82, 2.24) is 9.29 Å². The number of hydrogen-bond donors (Lipinski definition) is 0. The second-order valence-corrected chi connectivity index (χ2v) is 13.3. The van der Waals surface area contributed by atoms with Crippen LogP contribution in [0, 0.1) is 6.92 Å². The van der Waals surface area contributed by atoms with Crippen LogP contribution in [0.3, 0.4) is 0 Å². The summed E-state index contributed by atoms with van der Waals surface area (Å²) in [7, 11) is -3.70. The molecule has 3 aromatic carbocycles. The number of sulfonamides is 1. The number of aromatic nitrogens is 1. The van der Waals surface area contributed by atoms with Crippen molar-refractivity contribution < 1.29 is 17.9 Å². The van der Waals surface area contributed by atoms with Crippen LogP contribution in [0.4, 0.5) is 5.13 Å². The lowest BCUT2D eigenvalue weighted by Gasteiger charge is -2.28. The van der Waals surface area contributed by atoms with Crippen molar-refractivity contribution in [2.75, 3.05) is 24.6 Å². The lowest BCUT2D eigenvalue weighted by molar-refractivity contribution is 0.0917. The molecule has 1 aromatic heterocycles. The number of hydrogen-bond acceptors (Lipinski definition) is 6. The molecule has 1 saturated heterocycles. The van der Waals surface area contributed by atoms with E-state index in [9.17, 15) is 13.2 Å². The van der Waals surface area contributed by atoms with Gasteiger partial charge in [0.1, 0.15) is 0 Å². The van der Waals surface area contributed by atoms with Gasteiger partial charge in [-0.05, 0) is 73.2 Å². The van der Waals surface area contributed by atoms with Crippen molar-refractivity contribution in [3.8, 4) is 0 Å². The van der Waals surface area contributed by atoms with E-state index in [1.165, 1.54) is 33.3 Å². The number of anilines is 1. The Bertz CT molecular complexity index is 1610. The molecule has 202 valence electrons. The highest BCUT2D eigenvalue weighted by Gasteiger charge is 2.30. The van der Waals surface area contributed by atoms with Gasteiger partial charge in [-0.1, -0.05) is 53.3 Å². The van der Waals surface area contributed by atoms with Gasteiger partial charge in [0.2, 0.25) is 10.0 Å². The Kier molecular flexibility index (Phi) is 7.20. The summed E-state index contributed by atoms with van der Waals surface area (Å²) in [6.45, 7) is 3.77. The zero-order valence-electron chi connectivity index (χ0n) is 21.5. The van der Waals surface area contributed by atoms with Crippen LogP contribution in [0.2, 0.25) is 5.02 Å². The third kappa shape index (κ3) is 5.10. The minimum absolute atomic E-state index is 0.0841. The molecule has 4 aromatic rings. The fraction of sp³-hybridized carbons (Fsp3) is 0.310. The van der Waals surface area contributed by atoms with E-state index in [4.69, 9.17) is 21.3 Å². The molecule has 0 N–H and O–H groups in total.